The van der Waals surface area contributed by atoms with Gasteiger partial charge < -0.3 is 4.98 Å². The Hall–Kier alpha value is -2.13. The molecule has 0 radical (unpaired) electrons. The molecule has 2 aromatic heterocycles. The van der Waals surface area contributed by atoms with Gasteiger partial charge >= 0.3 is 0 Å². The lowest BCUT2D eigenvalue weighted by Crippen LogP contribution is -1.87. The first-order valence-electron chi connectivity index (χ1n) is 6.07. The molecule has 0 aliphatic rings. The highest BCUT2D eigenvalue weighted by atomic mass is 35.5. The Morgan fingerprint density at radius 3 is 2.74 bits per heavy atom. The van der Waals surface area contributed by atoms with Crippen LogP contribution in [0.4, 0.5) is 0 Å². The third-order valence-electron chi connectivity index (χ3n) is 3.38. The summed E-state index contributed by atoms with van der Waals surface area (Å²) in [4.78, 5) is 12.6. The zero-order valence-electron chi connectivity index (χ0n) is 10.2. The fourth-order valence-corrected chi connectivity index (χ4v) is 2.54. The van der Waals surface area contributed by atoms with Crippen LogP contribution in [0, 0.1) is 6.92 Å². The predicted molar refractivity (Wildman–Crippen MR) is 78.6 cm³/mol. The molecule has 0 unspecified atom stereocenters. The monoisotopic (exact) mass is 267 g/mol. The Balaban J connectivity index is 2.21. The highest BCUT2D eigenvalue weighted by Crippen LogP contribution is 2.27. The Morgan fingerprint density at radius 1 is 1.05 bits per heavy atom. The molecule has 0 spiro atoms. The van der Waals surface area contributed by atoms with Crippen molar-refractivity contribution >= 4 is 44.7 Å². The number of hydrogen-bond acceptors (Lipinski definition) is 2. The van der Waals surface area contributed by atoms with Crippen molar-refractivity contribution in [2.75, 3.05) is 0 Å². The number of hydrogen-bond donors (Lipinski definition) is 1. The van der Waals surface area contributed by atoms with E-state index in [0.29, 0.717) is 0 Å². The van der Waals surface area contributed by atoms with Crippen molar-refractivity contribution in [3.63, 3.8) is 0 Å². The smallest absolute Gasteiger partial charge is 0.157 e. The largest absolute Gasteiger partial charge is 0.338 e. The summed E-state index contributed by atoms with van der Waals surface area (Å²) in [6.45, 7) is 1.97. The highest BCUT2D eigenvalue weighted by Gasteiger charge is 2.09. The minimum absolute atomic E-state index is 0.723. The zero-order valence-corrected chi connectivity index (χ0v) is 11.0. The Bertz CT molecular complexity index is 940. The van der Waals surface area contributed by atoms with Crippen LogP contribution in [0.15, 0.2) is 36.4 Å². The van der Waals surface area contributed by atoms with Crippen molar-refractivity contribution in [1.82, 2.24) is 15.0 Å². The second-order valence-corrected chi connectivity index (χ2v) is 5.09. The molecule has 92 valence electrons. The summed E-state index contributed by atoms with van der Waals surface area (Å²) in [5.74, 6) is 0. The molecule has 0 fully saturated rings. The summed E-state index contributed by atoms with van der Waals surface area (Å²) < 4.78 is 0. The van der Waals surface area contributed by atoms with Gasteiger partial charge in [-0.2, -0.15) is 0 Å². The Labute approximate surface area is 114 Å². The van der Waals surface area contributed by atoms with Crippen molar-refractivity contribution < 1.29 is 0 Å². The first-order valence-corrected chi connectivity index (χ1v) is 6.44. The van der Waals surface area contributed by atoms with Gasteiger partial charge in [0.25, 0.3) is 0 Å². The van der Waals surface area contributed by atoms with E-state index in [9.17, 15) is 0 Å². The molecule has 4 rings (SSSR count). The number of aromatic amines is 1. The van der Waals surface area contributed by atoms with Crippen LogP contribution in [-0.4, -0.2) is 15.0 Å². The second-order valence-electron chi connectivity index (χ2n) is 4.68. The third kappa shape index (κ3) is 1.52. The van der Waals surface area contributed by atoms with Gasteiger partial charge in [0.05, 0.1) is 11.0 Å². The lowest BCUT2D eigenvalue weighted by molar-refractivity contribution is 1.34. The van der Waals surface area contributed by atoms with Gasteiger partial charge in [-0.15, -0.1) is 0 Å². The van der Waals surface area contributed by atoms with Gasteiger partial charge in [0.15, 0.2) is 5.65 Å². The van der Waals surface area contributed by atoms with Crippen molar-refractivity contribution in [3.8, 4) is 0 Å². The maximum absolute atomic E-state index is 6.16. The van der Waals surface area contributed by atoms with Gasteiger partial charge in [-0.1, -0.05) is 29.8 Å². The van der Waals surface area contributed by atoms with E-state index in [1.165, 1.54) is 0 Å². The normalized spacial score (nSPS) is 11.7. The quantitative estimate of drug-likeness (QED) is 0.518. The molecule has 0 aliphatic carbocycles. The Morgan fingerprint density at radius 2 is 1.84 bits per heavy atom. The van der Waals surface area contributed by atoms with E-state index in [1.54, 1.807) is 0 Å². The molecule has 1 N–H and O–H groups in total. The number of para-hydroxylation sites is 1. The number of nitrogens with one attached hydrogen (secondary N) is 1. The van der Waals surface area contributed by atoms with E-state index >= 15 is 0 Å². The number of aryl methyl sites for hydroxylation is 1. The second kappa shape index (κ2) is 3.68. The topological polar surface area (TPSA) is 41.6 Å². The van der Waals surface area contributed by atoms with Crippen LogP contribution >= 0.6 is 11.6 Å². The van der Waals surface area contributed by atoms with E-state index in [0.717, 1.165) is 43.7 Å². The van der Waals surface area contributed by atoms with Gasteiger partial charge in [-0.25, -0.2) is 9.97 Å². The molecule has 4 aromatic rings. The van der Waals surface area contributed by atoms with Gasteiger partial charge in [0.2, 0.25) is 0 Å². The molecule has 0 atom stereocenters. The van der Waals surface area contributed by atoms with E-state index in [2.05, 4.69) is 15.0 Å². The lowest BCUT2D eigenvalue weighted by atomic mass is 10.2. The standard InChI is InChI=1S/C15H10ClN3/c1-8-6-12-13(7-10(8)16)17-14-9-4-2-3-5-11(9)18-15(14)19-12/h2-7H,1H3,(H,18,19). The number of H-pyrrole nitrogens is 1. The maximum atomic E-state index is 6.16. The number of rotatable bonds is 0. The van der Waals surface area contributed by atoms with Gasteiger partial charge in [-0.3, -0.25) is 0 Å². The summed E-state index contributed by atoms with van der Waals surface area (Å²) >= 11 is 6.16. The fourth-order valence-electron chi connectivity index (χ4n) is 2.38. The van der Waals surface area contributed by atoms with Crippen LogP contribution in [0.2, 0.25) is 5.02 Å². The van der Waals surface area contributed by atoms with Gasteiger partial charge in [-0.05, 0) is 30.7 Å². The molecular formula is C15H10ClN3. The minimum atomic E-state index is 0.723. The molecule has 2 heterocycles. The van der Waals surface area contributed by atoms with Crippen molar-refractivity contribution in [1.29, 1.82) is 0 Å². The molecule has 0 saturated heterocycles. The van der Waals surface area contributed by atoms with Crippen LogP contribution in [-0.2, 0) is 0 Å². The SMILES string of the molecule is Cc1cc2nc3[nH]c4ccccc4c3nc2cc1Cl. The molecular weight excluding hydrogens is 258 g/mol. The van der Waals surface area contributed by atoms with Crippen LogP contribution < -0.4 is 0 Å². The number of benzene rings is 2. The lowest BCUT2D eigenvalue weighted by Gasteiger charge is -2.01. The first-order chi connectivity index (χ1) is 9.22. The summed E-state index contributed by atoms with van der Waals surface area (Å²) in [5, 5.41) is 1.81. The molecule has 0 aliphatic heterocycles. The molecule has 0 bridgehead atoms. The van der Waals surface area contributed by atoms with Crippen LogP contribution in [0.1, 0.15) is 5.56 Å². The number of halogens is 1. The van der Waals surface area contributed by atoms with E-state index in [1.807, 2.05) is 43.3 Å². The van der Waals surface area contributed by atoms with Crippen LogP contribution in [0.25, 0.3) is 33.1 Å². The molecule has 3 nitrogen and oxygen atoms in total. The van der Waals surface area contributed by atoms with Gasteiger partial charge in [0.1, 0.15) is 5.52 Å². The zero-order chi connectivity index (χ0) is 13.0. The van der Waals surface area contributed by atoms with Crippen LogP contribution in [0.3, 0.4) is 0 Å². The summed E-state index contributed by atoms with van der Waals surface area (Å²) in [6, 6.07) is 11.9. The minimum Gasteiger partial charge on any atom is -0.338 e. The number of nitrogens with zero attached hydrogens (tertiary/aromatic N) is 2. The average Bonchev–Trinajstić information content (AvgIpc) is 2.75. The highest BCUT2D eigenvalue weighted by molar-refractivity contribution is 6.32. The number of aromatic nitrogens is 3. The van der Waals surface area contributed by atoms with E-state index in [-0.39, 0.29) is 0 Å². The van der Waals surface area contributed by atoms with Crippen molar-refractivity contribution in [2.45, 2.75) is 6.92 Å². The van der Waals surface area contributed by atoms with E-state index in [4.69, 9.17) is 11.6 Å². The fraction of sp³-hybridized carbons (Fsp3) is 0.0667. The Kier molecular flexibility index (Phi) is 2.09. The van der Waals surface area contributed by atoms with E-state index < -0.39 is 0 Å². The molecule has 2 aromatic carbocycles. The van der Waals surface area contributed by atoms with Crippen molar-refractivity contribution in [2.24, 2.45) is 0 Å². The number of fused-ring (bicyclic) bond motifs is 4. The van der Waals surface area contributed by atoms with Crippen molar-refractivity contribution in [3.05, 3.63) is 47.0 Å². The first kappa shape index (κ1) is 10.8. The molecule has 19 heavy (non-hydrogen) atoms. The molecule has 0 saturated carbocycles. The molecule has 4 heteroatoms. The molecule has 0 amide bonds. The maximum Gasteiger partial charge on any atom is 0.157 e. The predicted octanol–water partition coefficient (Wildman–Crippen LogP) is 4.23. The third-order valence-corrected chi connectivity index (χ3v) is 3.79. The summed E-state index contributed by atoms with van der Waals surface area (Å²) in [5.41, 5.74) is 5.46. The van der Waals surface area contributed by atoms with Gasteiger partial charge in [0, 0.05) is 15.9 Å². The van der Waals surface area contributed by atoms with Crippen LogP contribution in [0.5, 0.6) is 0 Å². The average molecular weight is 268 g/mol. The summed E-state index contributed by atoms with van der Waals surface area (Å²) in [7, 11) is 0. The summed E-state index contributed by atoms with van der Waals surface area (Å²) in [6.07, 6.45) is 0.